The quantitative estimate of drug-likeness (QED) is 0.687. The van der Waals surface area contributed by atoms with E-state index in [0.29, 0.717) is 0 Å². The van der Waals surface area contributed by atoms with E-state index < -0.39 is 0 Å². The van der Waals surface area contributed by atoms with Crippen molar-refractivity contribution < 1.29 is 0 Å². The third kappa shape index (κ3) is 2.67. The minimum Gasteiger partial charge on any atom is -0.325 e. The van der Waals surface area contributed by atoms with Crippen LogP contribution in [0.25, 0.3) is 22.2 Å². The minimum atomic E-state index is 0.756. The highest BCUT2D eigenvalue weighted by molar-refractivity contribution is 5.81. The standard InChI is InChI=1S/C17H17N7/c1-11-5-6-19-23-17(11)22-16-4-3-14-15(21-16)7-12(8-18-14)13-9-20-24(2)10-13/h3-10,19,23H,1-2H3,(H,21,22). The maximum absolute atomic E-state index is 4.67. The lowest BCUT2D eigenvalue weighted by molar-refractivity contribution is 0.712. The molecule has 0 saturated carbocycles. The van der Waals surface area contributed by atoms with Crippen LogP contribution in [0.3, 0.4) is 0 Å². The zero-order valence-corrected chi connectivity index (χ0v) is 13.4. The highest BCUT2D eigenvalue weighted by atomic mass is 15.4. The van der Waals surface area contributed by atoms with Crippen molar-refractivity contribution in [3.63, 3.8) is 0 Å². The summed E-state index contributed by atoms with van der Waals surface area (Å²) < 4.78 is 1.77. The van der Waals surface area contributed by atoms with Gasteiger partial charge in [-0.25, -0.2) is 4.98 Å². The molecular formula is C17H17N7. The van der Waals surface area contributed by atoms with E-state index in [0.717, 1.165) is 39.4 Å². The summed E-state index contributed by atoms with van der Waals surface area (Å²) in [6.45, 7) is 2.02. The summed E-state index contributed by atoms with van der Waals surface area (Å²) in [5.74, 6) is 1.63. The Balaban J connectivity index is 1.70. The van der Waals surface area contributed by atoms with Crippen molar-refractivity contribution in [2.75, 3.05) is 5.32 Å². The number of allylic oxidation sites excluding steroid dienone is 2. The van der Waals surface area contributed by atoms with Gasteiger partial charge in [0.2, 0.25) is 0 Å². The van der Waals surface area contributed by atoms with E-state index >= 15 is 0 Å². The maximum atomic E-state index is 4.67. The molecule has 0 fully saturated rings. The lowest BCUT2D eigenvalue weighted by Gasteiger charge is -2.18. The molecule has 7 nitrogen and oxygen atoms in total. The number of fused-ring (bicyclic) bond motifs is 1. The Morgan fingerprint density at radius 1 is 1.12 bits per heavy atom. The van der Waals surface area contributed by atoms with Crippen molar-refractivity contribution in [3.8, 4) is 11.1 Å². The monoisotopic (exact) mass is 319 g/mol. The average molecular weight is 319 g/mol. The zero-order chi connectivity index (χ0) is 16.5. The van der Waals surface area contributed by atoms with Gasteiger partial charge in [0.15, 0.2) is 0 Å². The van der Waals surface area contributed by atoms with Crippen LogP contribution in [0.5, 0.6) is 0 Å². The third-order valence-corrected chi connectivity index (χ3v) is 3.84. The summed E-state index contributed by atoms with van der Waals surface area (Å²) >= 11 is 0. The van der Waals surface area contributed by atoms with E-state index in [2.05, 4.69) is 31.2 Å². The van der Waals surface area contributed by atoms with Gasteiger partial charge in [0.1, 0.15) is 11.6 Å². The average Bonchev–Trinajstić information content (AvgIpc) is 3.03. The molecule has 0 saturated heterocycles. The summed E-state index contributed by atoms with van der Waals surface area (Å²) in [7, 11) is 1.90. The molecule has 3 aromatic rings. The van der Waals surface area contributed by atoms with Crippen LogP contribution >= 0.6 is 0 Å². The van der Waals surface area contributed by atoms with Crippen LogP contribution in [-0.4, -0.2) is 19.7 Å². The smallest absolute Gasteiger partial charge is 0.132 e. The second kappa shape index (κ2) is 5.69. The normalized spacial score (nSPS) is 13.8. The van der Waals surface area contributed by atoms with Crippen LogP contribution in [-0.2, 0) is 7.05 Å². The Morgan fingerprint density at radius 2 is 2.04 bits per heavy atom. The maximum Gasteiger partial charge on any atom is 0.132 e. The number of rotatable bonds is 3. The van der Waals surface area contributed by atoms with Gasteiger partial charge < -0.3 is 10.7 Å². The van der Waals surface area contributed by atoms with E-state index in [1.165, 1.54) is 0 Å². The molecule has 0 unspecified atom stereocenters. The summed E-state index contributed by atoms with van der Waals surface area (Å²) in [5, 5.41) is 7.49. The van der Waals surface area contributed by atoms with E-state index in [1.54, 1.807) is 4.68 Å². The predicted octanol–water partition coefficient (Wildman–Crippen LogP) is 2.30. The van der Waals surface area contributed by atoms with E-state index in [-0.39, 0.29) is 0 Å². The molecule has 1 aliphatic heterocycles. The molecule has 3 N–H and O–H groups in total. The second-order valence-corrected chi connectivity index (χ2v) is 5.65. The van der Waals surface area contributed by atoms with Gasteiger partial charge in [-0.1, -0.05) is 0 Å². The van der Waals surface area contributed by atoms with E-state index in [1.807, 2.05) is 63.0 Å². The lowest BCUT2D eigenvalue weighted by atomic mass is 10.1. The first-order valence-corrected chi connectivity index (χ1v) is 7.61. The lowest BCUT2D eigenvalue weighted by Crippen LogP contribution is -2.33. The third-order valence-electron chi connectivity index (χ3n) is 3.84. The first-order valence-electron chi connectivity index (χ1n) is 7.61. The summed E-state index contributed by atoms with van der Waals surface area (Å²) in [4.78, 5) is 9.16. The molecule has 0 aliphatic carbocycles. The second-order valence-electron chi connectivity index (χ2n) is 5.65. The molecule has 0 amide bonds. The number of pyridine rings is 2. The van der Waals surface area contributed by atoms with Crippen LogP contribution in [0.15, 0.2) is 60.5 Å². The van der Waals surface area contributed by atoms with Gasteiger partial charge in [-0.3, -0.25) is 15.1 Å². The van der Waals surface area contributed by atoms with Gasteiger partial charge in [-0.05, 0) is 36.8 Å². The first kappa shape index (κ1) is 14.3. The van der Waals surface area contributed by atoms with Gasteiger partial charge in [0, 0.05) is 36.8 Å². The van der Waals surface area contributed by atoms with Crippen LogP contribution in [0, 0.1) is 0 Å². The number of hydrazine groups is 1. The largest absolute Gasteiger partial charge is 0.325 e. The molecule has 1 aliphatic rings. The van der Waals surface area contributed by atoms with Crippen LogP contribution in [0.2, 0.25) is 0 Å². The molecule has 24 heavy (non-hydrogen) atoms. The summed E-state index contributed by atoms with van der Waals surface area (Å²) in [6, 6.07) is 5.90. The van der Waals surface area contributed by atoms with Gasteiger partial charge >= 0.3 is 0 Å². The molecule has 0 spiro atoms. The van der Waals surface area contributed by atoms with Crippen molar-refractivity contribution in [1.82, 2.24) is 30.6 Å². The van der Waals surface area contributed by atoms with Crippen LogP contribution in [0.4, 0.5) is 5.82 Å². The molecule has 0 radical (unpaired) electrons. The van der Waals surface area contributed by atoms with Crippen molar-refractivity contribution in [2.24, 2.45) is 7.05 Å². The molecule has 120 valence electrons. The Morgan fingerprint density at radius 3 is 2.83 bits per heavy atom. The molecular weight excluding hydrogens is 302 g/mol. The number of anilines is 1. The highest BCUT2D eigenvalue weighted by Crippen LogP contribution is 2.22. The van der Waals surface area contributed by atoms with Gasteiger partial charge in [-0.15, -0.1) is 0 Å². The van der Waals surface area contributed by atoms with Crippen molar-refractivity contribution >= 4 is 16.9 Å². The number of hydrogen-bond acceptors (Lipinski definition) is 6. The molecule has 0 atom stereocenters. The summed E-state index contributed by atoms with van der Waals surface area (Å²) in [6.07, 6.45) is 9.46. The molecule has 4 heterocycles. The summed E-state index contributed by atoms with van der Waals surface area (Å²) in [5.41, 5.74) is 10.8. The van der Waals surface area contributed by atoms with Crippen molar-refractivity contribution in [2.45, 2.75) is 6.92 Å². The molecule has 4 rings (SSSR count). The number of nitrogens with zero attached hydrogens (tertiary/aromatic N) is 4. The van der Waals surface area contributed by atoms with Crippen LogP contribution in [0.1, 0.15) is 6.92 Å². The Hall–Kier alpha value is -3.35. The molecule has 3 aromatic heterocycles. The van der Waals surface area contributed by atoms with Crippen LogP contribution < -0.4 is 16.2 Å². The number of aryl methyl sites for hydroxylation is 1. The zero-order valence-electron chi connectivity index (χ0n) is 13.4. The molecule has 0 bridgehead atoms. The highest BCUT2D eigenvalue weighted by Gasteiger charge is 2.08. The number of nitrogens with one attached hydrogen (secondary N) is 3. The van der Waals surface area contributed by atoms with Gasteiger partial charge in [0.05, 0.1) is 17.2 Å². The number of aromatic nitrogens is 4. The predicted molar refractivity (Wildman–Crippen MR) is 93.5 cm³/mol. The van der Waals surface area contributed by atoms with Crippen molar-refractivity contribution in [1.29, 1.82) is 0 Å². The number of hydrogen-bond donors (Lipinski definition) is 3. The SMILES string of the molecule is CC1=C(Nc2ccc3ncc(-c4cnn(C)c4)cc3n2)NNC=C1. The Bertz CT molecular complexity index is 968. The van der Waals surface area contributed by atoms with Crippen molar-refractivity contribution in [3.05, 3.63) is 60.5 Å². The minimum absolute atomic E-state index is 0.756. The molecule has 7 heteroatoms. The molecule has 0 aromatic carbocycles. The Labute approximate surface area is 139 Å². The first-order chi connectivity index (χ1) is 11.7. The Kier molecular flexibility index (Phi) is 3.38. The fourth-order valence-electron chi connectivity index (χ4n) is 2.52. The fourth-order valence-corrected chi connectivity index (χ4v) is 2.52. The topological polar surface area (TPSA) is 79.7 Å². The van der Waals surface area contributed by atoms with E-state index in [4.69, 9.17) is 0 Å². The van der Waals surface area contributed by atoms with Gasteiger partial charge in [0.25, 0.3) is 0 Å². The van der Waals surface area contributed by atoms with E-state index in [9.17, 15) is 0 Å². The van der Waals surface area contributed by atoms with Gasteiger partial charge in [-0.2, -0.15) is 5.10 Å². The fraction of sp³-hybridized carbons (Fsp3) is 0.118.